The predicted octanol–water partition coefficient (Wildman–Crippen LogP) is 6.97. The van der Waals surface area contributed by atoms with Gasteiger partial charge in [0, 0.05) is 18.3 Å². The molecule has 2 aromatic carbocycles. The Bertz CT molecular complexity index is 1420. The highest BCUT2D eigenvalue weighted by atomic mass is 32.1. The SMILES string of the molecule is C=CCC1=C(CCNc2cc(Nc3ccc4sc(C)nc4c3)ncn2)c2c(C)ccc(F)c2C1. The summed E-state index contributed by atoms with van der Waals surface area (Å²) in [6.45, 7) is 8.63. The fourth-order valence-corrected chi connectivity index (χ4v) is 5.41. The van der Waals surface area contributed by atoms with Gasteiger partial charge in [0.1, 0.15) is 23.8 Å². The highest BCUT2D eigenvalue weighted by Crippen LogP contribution is 2.40. The topological polar surface area (TPSA) is 62.7 Å². The minimum atomic E-state index is -0.123. The Morgan fingerprint density at radius 2 is 1.97 bits per heavy atom. The van der Waals surface area contributed by atoms with Crippen LogP contribution < -0.4 is 10.6 Å². The predicted molar refractivity (Wildman–Crippen MR) is 139 cm³/mol. The first-order valence-electron chi connectivity index (χ1n) is 11.3. The number of hydrogen-bond acceptors (Lipinski definition) is 6. The maximum absolute atomic E-state index is 14.5. The molecule has 0 spiro atoms. The largest absolute Gasteiger partial charge is 0.370 e. The van der Waals surface area contributed by atoms with Crippen LogP contribution in [0.1, 0.15) is 34.5 Å². The zero-order valence-electron chi connectivity index (χ0n) is 19.3. The minimum absolute atomic E-state index is 0.123. The summed E-state index contributed by atoms with van der Waals surface area (Å²) in [5.41, 5.74) is 7.38. The fraction of sp³-hybridized carbons (Fsp3) is 0.222. The van der Waals surface area contributed by atoms with Gasteiger partial charge < -0.3 is 10.6 Å². The van der Waals surface area contributed by atoms with Crippen LogP contribution in [0.4, 0.5) is 21.7 Å². The molecule has 0 saturated heterocycles. The molecular weight excluding hydrogens is 445 g/mol. The summed E-state index contributed by atoms with van der Waals surface area (Å²) in [6, 6.07) is 11.5. The Kier molecular flexibility index (Phi) is 6.11. The number of aryl methyl sites for hydroxylation is 2. The van der Waals surface area contributed by atoms with Crippen molar-refractivity contribution in [1.82, 2.24) is 15.0 Å². The number of anilines is 3. The molecule has 0 aliphatic heterocycles. The van der Waals surface area contributed by atoms with E-state index in [4.69, 9.17) is 0 Å². The first kappa shape index (κ1) is 22.2. The van der Waals surface area contributed by atoms with Gasteiger partial charge in [0.2, 0.25) is 0 Å². The molecule has 0 bridgehead atoms. The molecule has 7 heteroatoms. The Hall–Kier alpha value is -3.58. The third-order valence-corrected chi connectivity index (χ3v) is 7.04. The van der Waals surface area contributed by atoms with Crippen LogP contribution in [-0.2, 0) is 6.42 Å². The summed E-state index contributed by atoms with van der Waals surface area (Å²) < 4.78 is 15.6. The number of thiazole rings is 1. The molecule has 0 fully saturated rings. The van der Waals surface area contributed by atoms with Crippen LogP contribution in [0.2, 0.25) is 0 Å². The van der Waals surface area contributed by atoms with Crippen molar-refractivity contribution < 1.29 is 4.39 Å². The standard InChI is InChI=1S/C27H26FN5S/c1-4-5-18-12-21-22(28)8-6-16(2)27(21)20(18)10-11-29-25-14-26(31-15-30-25)33-19-7-9-24-23(13-19)32-17(3)34-24/h4,6-9,13-15H,1,5,10-12H2,2-3H3,(H2,29,30,31,33). The van der Waals surface area contributed by atoms with E-state index in [1.165, 1.54) is 15.8 Å². The lowest BCUT2D eigenvalue weighted by molar-refractivity contribution is 0.613. The molecule has 2 N–H and O–H groups in total. The molecule has 0 atom stereocenters. The normalized spacial score (nSPS) is 12.8. The number of allylic oxidation sites excluding steroid dienone is 2. The van der Waals surface area contributed by atoms with E-state index in [1.54, 1.807) is 23.7 Å². The average molecular weight is 472 g/mol. The lowest BCUT2D eigenvalue weighted by Crippen LogP contribution is -2.06. The number of nitrogens with zero attached hydrogens (tertiary/aromatic N) is 3. The van der Waals surface area contributed by atoms with Crippen LogP contribution in [0.15, 0.2) is 61.0 Å². The van der Waals surface area contributed by atoms with Gasteiger partial charge in [-0.05, 0) is 79.6 Å². The number of halogens is 1. The number of nitrogens with one attached hydrogen (secondary N) is 2. The summed E-state index contributed by atoms with van der Waals surface area (Å²) in [5.74, 6) is 1.32. The second-order valence-electron chi connectivity index (χ2n) is 8.48. The van der Waals surface area contributed by atoms with E-state index in [0.29, 0.717) is 18.8 Å². The van der Waals surface area contributed by atoms with Crippen molar-refractivity contribution in [1.29, 1.82) is 0 Å². The minimum Gasteiger partial charge on any atom is -0.370 e. The number of aromatic nitrogens is 3. The van der Waals surface area contributed by atoms with Gasteiger partial charge in [-0.1, -0.05) is 17.7 Å². The second kappa shape index (κ2) is 9.35. The van der Waals surface area contributed by atoms with Crippen molar-refractivity contribution >= 4 is 44.4 Å². The Morgan fingerprint density at radius 1 is 1.12 bits per heavy atom. The van der Waals surface area contributed by atoms with Crippen LogP contribution >= 0.6 is 11.3 Å². The molecule has 0 unspecified atom stereocenters. The monoisotopic (exact) mass is 471 g/mol. The van der Waals surface area contributed by atoms with Gasteiger partial charge in [-0.25, -0.2) is 19.3 Å². The number of benzene rings is 2. The van der Waals surface area contributed by atoms with E-state index in [1.807, 2.05) is 37.3 Å². The quantitative estimate of drug-likeness (QED) is 0.272. The van der Waals surface area contributed by atoms with Crippen molar-refractivity contribution in [2.75, 3.05) is 17.2 Å². The van der Waals surface area contributed by atoms with E-state index in [9.17, 15) is 4.39 Å². The lowest BCUT2D eigenvalue weighted by Gasteiger charge is -2.13. The van der Waals surface area contributed by atoms with E-state index in [-0.39, 0.29) is 5.82 Å². The molecule has 34 heavy (non-hydrogen) atoms. The molecule has 172 valence electrons. The van der Waals surface area contributed by atoms with Gasteiger partial charge in [0.05, 0.1) is 15.2 Å². The van der Waals surface area contributed by atoms with Crippen LogP contribution in [0.5, 0.6) is 0 Å². The molecule has 5 nitrogen and oxygen atoms in total. The first-order chi connectivity index (χ1) is 16.5. The zero-order valence-corrected chi connectivity index (χ0v) is 20.1. The molecule has 4 aromatic rings. The molecule has 1 aliphatic rings. The Labute approximate surface area is 202 Å². The van der Waals surface area contributed by atoms with Crippen molar-refractivity contribution in [3.8, 4) is 0 Å². The number of hydrogen-bond donors (Lipinski definition) is 2. The molecule has 0 radical (unpaired) electrons. The zero-order chi connectivity index (χ0) is 23.7. The summed E-state index contributed by atoms with van der Waals surface area (Å²) in [5, 5.41) is 7.79. The van der Waals surface area contributed by atoms with Crippen LogP contribution in [0.25, 0.3) is 15.8 Å². The average Bonchev–Trinajstić information content (AvgIpc) is 3.37. The van der Waals surface area contributed by atoms with Crippen molar-refractivity contribution in [3.63, 3.8) is 0 Å². The third-order valence-electron chi connectivity index (χ3n) is 6.09. The number of fused-ring (bicyclic) bond motifs is 2. The van der Waals surface area contributed by atoms with E-state index >= 15 is 0 Å². The maximum atomic E-state index is 14.5. The summed E-state index contributed by atoms with van der Waals surface area (Å²) in [4.78, 5) is 13.3. The smallest absolute Gasteiger partial charge is 0.135 e. The van der Waals surface area contributed by atoms with Crippen molar-refractivity contribution in [2.24, 2.45) is 0 Å². The summed E-state index contributed by atoms with van der Waals surface area (Å²) in [7, 11) is 0. The van der Waals surface area contributed by atoms with Gasteiger partial charge in [0.15, 0.2) is 0 Å². The molecule has 2 heterocycles. The summed E-state index contributed by atoms with van der Waals surface area (Å²) in [6.07, 6.45) is 5.66. The van der Waals surface area contributed by atoms with E-state index < -0.39 is 0 Å². The number of rotatable bonds is 8. The molecule has 5 rings (SSSR count). The van der Waals surface area contributed by atoms with Gasteiger partial charge in [-0.2, -0.15) is 0 Å². The highest BCUT2D eigenvalue weighted by Gasteiger charge is 2.25. The van der Waals surface area contributed by atoms with Crippen molar-refractivity contribution in [2.45, 2.75) is 33.1 Å². The van der Waals surface area contributed by atoms with Crippen LogP contribution in [0, 0.1) is 19.7 Å². The van der Waals surface area contributed by atoms with Gasteiger partial charge in [-0.3, -0.25) is 0 Å². The fourth-order valence-electron chi connectivity index (χ4n) is 4.61. The first-order valence-corrected chi connectivity index (χ1v) is 12.1. The molecule has 1 aliphatic carbocycles. The van der Waals surface area contributed by atoms with E-state index in [2.05, 4.69) is 45.2 Å². The van der Waals surface area contributed by atoms with Crippen molar-refractivity contribution in [3.05, 3.63) is 88.5 Å². The van der Waals surface area contributed by atoms with Crippen LogP contribution in [0.3, 0.4) is 0 Å². The maximum Gasteiger partial charge on any atom is 0.135 e. The van der Waals surface area contributed by atoms with Gasteiger partial charge in [0.25, 0.3) is 0 Å². The second-order valence-corrected chi connectivity index (χ2v) is 9.71. The molecule has 0 amide bonds. The van der Waals surface area contributed by atoms with Crippen LogP contribution in [-0.4, -0.2) is 21.5 Å². The lowest BCUT2D eigenvalue weighted by atomic mass is 9.97. The molecular formula is C27H26FN5S. The Balaban J connectivity index is 1.28. The van der Waals surface area contributed by atoms with Gasteiger partial charge >= 0.3 is 0 Å². The van der Waals surface area contributed by atoms with Gasteiger partial charge in [-0.15, -0.1) is 17.9 Å². The summed E-state index contributed by atoms with van der Waals surface area (Å²) >= 11 is 1.69. The van der Waals surface area contributed by atoms with E-state index in [0.717, 1.165) is 51.6 Å². The highest BCUT2D eigenvalue weighted by molar-refractivity contribution is 7.18. The molecule has 2 aromatic heterocycles. The molecule has 0 saturated carbocycles. The third kappa shape index (κ3) is 4.43. The Morgan fingerprint density at radius 3 is 2.82 bits per heavy atom.